The summed E-state index contributed by atoms with van der Waals surface area (Å²) in [7, 11) is -5.72. The molecule has 0 bridgehead atoms. The van der Waals surface area contributed by atoms with Crippen molar-refractivity contribution in [1.29, 1.82) is 0 Å². The maximum Gasteiger partial charge on any atom is 0.534 e. The highest BCUT2D eigenvalue weighted by Gasteiger charge is 2.49. The maximum atomic E-state index is 12.3. The van der Waals surface area contributed by atoms with Crippen molar-refractivity contribution in [3.63, 3.8) is 0 Å². The fourth-order valence-corrected chi connectivity index (χ4v) is 2.07. The van der Waals surface area contributed by atoms with Crippen LogP contribution < -0.4 is 4.18 Å². The van der Waals surface area contributed by atoms with E-state index >= 15 is 0 Å². The Balaban J connectivity index is 3.40. The van der Waals surface area contributed by atoms with E-state index in [4.69, 9.17) is 0 Å². The predicted octanol–water partition coefficient (Wildman–Crippen LogP) is 2.65. The summed E-state index contributed by atoms with van der Waals surface area (Å²) in [4.78, 5) is 10.7. The number of hydrogen-bond acceptors (Lipinski definition) is 4. The van der Waals surface area contributed by atoms with Crippen LogP contribution in [-0.4, -0.2) is 20.2 Å². The molecule has 0 heterocycles. The number of carbonyl (C=O) groups is 1. The molecule has 1 rings (SSSR count). The molecule has 8 heteroatoms. The second-order valence-corrected chi connectivity index (χ2v) is 5.50. The van der Waals surface area contributed by atoms with Crippen molar-refractivity contribution in [2.75, 3.05) is 0 Å². The second-order valence-electron chi connectivity index (χ2n) is 3.96. The van der Waals surface area contributed by atoms with Crippen molar-refractivity contribution >= 4 is 16.4 Å². The third-order valence-electron chi connectivity index (χ3n) is 2.67. The average molecular weight is 296 g/mol. The molecule has 1 aromatic carbocycles. The van der Waals surface area contributed by atoms with Gasteiger partial charge in [-0.1, -0.05) is 0 Å². The molecule has 106 valence electrons. The molecule has 0 unspecified atom stereocenters. The van der Waals surface area contributed by atoms with E-state index in [2.05, 4.69) is 4.18 Å². The Morgan fingerprint density at radius 1 is 1.16 bits per heavy atom. The molecule has 0 saturated carbocycles. The van der Waals surface area contributed by atoms with Gasteiger partial charge in [-0.2, -0.15) is 21.6 Å². The summed E-state index contributed by atoms with van der Waals surface area (Å²) < 4.78 is 62.9. The molecule has 0 fully saturated rings. The van der Waals surface area contributed by atoms with Gasteiger partial charge in [0.1, 0.15) is 12.0 Å². The first-order valence-corrected chi connectivity index (χ1v) is 6.49. The minimum atomic E-state index is -5.72. The lowest BCUT2D eigenvalue weighted by molar-refractivity contribution is -0.0500. The second kappa shape index (κ2) is 4.84. The zero-order valence-electron chi connectivity index (χ0n) is 10.3. The van der Waals surface area contributed by atoms with E-state index in [0.717, 1.165) is 0 Å². The first-order chi connectivity index (χ1) is 8.51. The van der Waals surface area contributed by atoms with Crippen molar-refractivity contribution < 1.29 is 30.6 Å². The number of carbonyl (C=O) groups excluding carboxylic acids is 1. The van der Waals surface area contributed by atoms with Gasteiger partial charge in [0.25, 0.3) is 0 Å². The predicted molar refractivity (Wildman–Crippen MR) is 61.6 cm³/mol. The standard InChI is InChI=1S/C11H11F3O4S/c1-6-4-9(5-15)7(2)8(3)10(6)18-19(16,17)11(12,13)14/h4-5H,1-3H3. The number of aldehydes is 1. The molecule has 0 aliphatic carbocycles. The van der Waals surface area contributed by atoms with Gasteiger partial charge < -0.3 is 4.18 Å². The van der Waals surface area contributed by atoms with E-state index in [9.17, 15) is 26.4 Å². The molecule has 0 amide bonds. The van der Waals surface area contributed by atoms with Crippen molar-refractivity contribution in [1.82, 2.24) is 0 Å². The molecule has 0 aliphatic rings. The summed E-state index contributed by atoms with van der Waals surface area (Å²) in [6, 6.07) is 1.27. The first-order valence-electron chi connectivity index (χ1n) is 5.08. The van der Waals surface area contributed by atoms with Gasteiger partial charge in [0.05, 0.1) is 0 Å². The molecule has 4 nitrogen and oxygen atoms in total. The van der Waals surface area contributed by atoms with Gasteiger partial charge in [-0.05, 0) is 43.5 Å². The molecular weight excluding hydrogens is 285 g/mol. The molecule has 0 spiro atoms. The summed E-state index contributed by atoms with van der Waals surface area (Å²) in [5.41, 5.74) is -4.55. The lowest BCUT2D eigenvalue weighted by Gasteiger charge is -2.16. The van der Waals surface area contributed by atoms with Crippen molar-refractivity contribution in [2.24, 2.45) is 0 Å². The number of rotatable bonds is 3. The van der Waals surface area contributed by atoms with E-state index in [1.54, 1.807) is 0 Å². The van der Waals surface area contributed by atoms with Gasteiger partial charge in [0.2, 0.25) is 0 Å². The minimum Gasteiger partial charge on any atom is -0.375 e. The Hall–Kier alpha value is -1.57. The average Bonchev–Trinajstić information content (AvgIpc) is 2.27. The van der Waals surface area contributed by atoms with Gasteiger partial charge in [0, 0.05) is 5.56 Å². The number of hydrogen-bond donors (Lipinski definition) is 0. The highest BCUT2D eigenvalue weighted by molar-refractivity contribution is 7.88. The monoisotopic (exact) mass is 296 g/mol. The minimum absolute atomic E-state index is 0.137. The topological polar surface area (TPSA) is 60.4 Å². The highest BCUT2D eigenvalue weighted by Crippen LogP contribution is 2.33. The molecular formula is C11H11F3O4S. The number of halogens is 3. The summed E-state index contributed by atoms with van der Waals surface area (Å²) in [5.74, 6) is -0.402. The molecule has 0 aromatic heterocycles. The van der Waals surface area contributed by atoms with Crippen molar-refractivity contribution in [2.45, 2.75) is 26.3 Å². The summed E-state index contributed by atoms with van der Waals surface area (Å²) in [6.07, 6.45) is 0.539. The van der Waals surface area contributed by atoms with Gasteiger partial charge in [-0.25, -0.2) is 0 Å². The van der Waals surface area contributed by atoms with Crippen molar-refractivity contribution in [3.05, 3.63) is 28.3 Å². The Bertz CT molecular complexity index is 618. The Labute approximate surface area is 108 Å². The van der Waals surface area contributed by atoms with Crippen LogP contribution >= 0.6 is 0 Å². The molecule has 0 radical (unpaired) electrons. The molecule has 1 aromatic rings. The lowest BCUT2D eigenvalue weighted by atomic mass is 10.00. The Morgan fingerprint density at radius 3 is 2.11 bits per heavy atom. The fourth-order valence-electron chi connectivity index (χ4n) is 1.50. The quantitative estimate of drug-likeness (QED) is 0.489. The van der Waals surface area contributed by atoms with Crippen LogP contribution in [0.4, 0.5) is 13.2 Å². The SMILES string of the molecule is Cc1cc(C=O)c(C)c(C)c1OS(=O)(=O)C(F)(F)F. The van der Waals surface area contributed by atoms with E-state index < -0.39 is 21.4 Å². The maximum absolute atomic E-state index is 12.3. The number of benzene rings is 1. The van der Waals surface area contributed by atoms with Crippen LogP contribution in [0.2, 0.25) is 0 Å². The number of alkyl halides is 3. The molecule has 0 saturated heterocycles. The van der Waals surface area contributed by atoms with Crippen LogP contribution in [-0.2, 0) is 10.1 Å². The number of aryl methyl sites for hydroxylation is 1. The van der Waals surface area contributed by atoms with Gasteiger partial charge >= 0.3 is 15.6 Å². The van der Waals surface area contributed by atoms with Crippen LogP contribution in [0, 0.1) is 20.8 Å². The van der Waals surface area contributed by atoms with Crippen LogP contribution in [0.3, 0.4) is 0 Å². The summed E-state index contributed by atoms with van der Waals surface area (Å²) >= 11 is 0. The fraction of sp³-hybridized carbons (Fsp3) is 0.364. The van der Waals surface area contributed by atoms with E-state index in [0.29, 0.717) is 11.8 Å². The molecule has 19 heavy (non-hydrogen) atoms. The Kier molecular flexibility index (Phi) is 3.94. The zero-order chi connectivity index (χ0) is 15.0. The van der Waals surface area contributed by atoms with E-state index in [1.165, 1.54) is 26.8 Å². The Morgan fingerprint density at radius 2 is 1.68 bits per heavy atom. The lowest BCUT2D eigenvalue weighted by Crippen LogP contribution is -2.28. The molecule has 0 N–H and O–H groups in total. The van der Waals surface area contributed by atoms with Gasteiger partial charge in [-0.3, -0.25) is 4.79 Å². The summed E-state index contributed by atoms with van der Waals surface area (Å²) in [5, 5.41) is 0. The first kappa shape index (κ1) is 15.5. The van der Waals surface area contributed by atoms with Crippen molar-refractivity contribution in [3.8, 4) is 5.75 Å². The molecule has 0 atom stereocenters. The van der Waals surface area contributed by atoms with Crippen LogP contribution in [0.1, 0.15) is 27.0 Å². The normalized spacial score (nSPS) is 12.3. The van der Waals surface area contributed by atoms with Crippen LogP contribution in [0.5, 0.6) is 5.75 Å². The van der Waals surface area contributed by atoms with E-state index in [1.807, 2.05) is 0 Å². The highest BCUT2D eigenvalue weighted by atomic mass is 32.2. The van der Waals surface area contributed by atoms with Gasteiger partial charge in [0.15, 0.2) is 0 Å². The summed E-state index contributed by atoms with van der Waals surface area (Å²) in [6.45, 7) is 4.24. The third-order valence-corrected chi connectivity index (χ3v) is 3.62. The van der Waals surface area contributed by atoms with Crippen LogP contribution in [0.25, 0.3) is 0 Å². The third kappa shape index (κ3) is 2.89. The largest absolute Gasteiger partial charge is 0.534 e. The van der Waals surface area contributed by atoms with E-state index in [-0.39, 0.29) is 16.7 Å². The smallest absolute Gasteiger partial charge is 0.375 e. The zero-order valence-corrected chi connectivity index (χ0v) is 11.1. The van der Waals surface area contributed by atoms with Crippen LogP contribution in [0.15, 0.2) is 6.07 Å². The molecule has 0 aliphatic heterocycles. The van der Waals surface area contributed by atoms with Gasteiger partial charge in [-0.15, -0.1) is 0 Å².